The van der Waals surface area contributed by atoms with Crippen LogP contribution in [0.3, 0.4) is 0 Å². The highest BCUT2D eigenvalue weighted by molar-refractivity contribution is 7.09. The molecular formula is C20H20N2S. The Hall–Kier alpha value is -2.26. The minimum atomic E-state index is 0.830. The predicted octanol–water partition coefficient (Wildman–Crippen LogP) is 4.92. The first-order valence-corrected chi connectivity index (χ1v) is 8.77. The van der Waals surface area contributed by atoms with E-state index in [1.165, 1.54) is 16.0 Å². The highest BCUT2D eigenvalue weighted by atomic mass is 32.1. The van der Waals surface area contributed by atoms with E-state index in [2.05, 4.69) is 60.4 Å². The van der Waals surface area contributed by atoms with Crippen molar-refractivity contribution in [1.82, 2.24) is 4.98 Å². The van der Waals surface area contributed by atoms with Crippen LogP contribution < -0.4 is 0 Å². The van der Waals surface area contributed by atoms with E-state index in [1.54, 1.807) is 11.3 Å². The van der Waals surface area contributed by atoms with Crippen molar-refractivity contribution in [2.24, 2.45) is 4.99 Å². The smallest absolute Gasteiger partial charge is 0.0797 e. The van der Waals surface area contributed by atoms with E-state index in [0.717, 1.165) is 30.8 Å². The number of benzene rings is 2. The molecule has 0 aliphatic rings. The number of aromatic nitrogens is 1. The summed E-state index contributed by atoms with van der Waals surface area (Å²) in [5, 5.41) is 0. The quantitative estimate of drug-likeness (QED) is 0.359. The summed E-state index contributed by atoms with van der Waals surface area (Å²) < 4.78 is 0. The molecule has 0 atom stereocenters. The highest BCUT2D eigenvalue weighted by Gasteiger charge is 2.06. The van der Waals surface area contributed by atoms with Gasteiger partial charge in [-0.1, -0.05) is 60.7 Å². The van der Waals surface area contributed by atoms with Gasteiger partial charge in [0.2, 0.25) is 0 Å². The normalized spacial score (nSPS) is 10.5. The maximum absolute atomic E-state index is 4.89. The van der Waals surface area contributed by atoms with Gasteiger partial charge in [0.15, 0.2) is 0 Å². The topological polar surface area (TPSA) is 25.2 Å². The van der Waals surface area contributed by atoms with Crippen molar-refractivity contribution in [3.63, 3.8) is 0 Å². The third-order valence-electron chi connectivity index (χ3n) is 3.77. The van der Waals surface area contributed by atoms with E-state index >= 15 is 0 Å². The van der Waals surface area contributed by atoms with Crippen molar-refractivity contribution in [3.8, 4) is 0 Å². The molecule has 2 aromatic carbocycles. The fourth-order valence-corrected chi connectivity index (χ4v) is 3.36. The van der Waals surface area contributed by atoms with Gasteiger partial charge in [-0.3, -0.25) is 4.99 Å². The van der Waals surface area contributed by atoms with Crippen LogP contribution in [0, 0.1) is 6.92 Å². The zero-order chi connectivity index (χ0) is 15.9. The van der Waals surface area contributed by atoms with Gasteiger partial charge in [0.05, 0.1) is 16.9 Å². The Bertz CT molecular complexity index is 719. The second-order valence-corrected chi connectivity index (χ2v) is 6.37. The molecule has 116 valence electrons. The molecule has 1 aromatic heterocycles. The van der Waals surface area contributed by atoms with E-state index in [1.807, 2.05) is 17.6 Å². The minimum Gasteiger partial charge on any atom is -0.284 e. The summed E-state index contributed by atoms with van der Waals surface area (Å²) in [7, 11) is 0. The molecule has 0 spiro atoms. The molecule has 0 fully saturated rings. The molecule has 0 amide bonds. The Morgan fingerprint density at radius 1 is 0.957 bits per heavy atom. The van der Waals surface area contributed by atoms with E-state index in [4.69, 9.17) is 4.99 Å². The molecule has 0 saturated carbocycles. The zero-order valence-electron chi connectivity index (χ0n) is 13.3. The molecular weight excluding hydrogens is 301 g/mol. The van der Waals surface area contributed by atoms with Crippen LogP contribution in [-0.2, 0) is 6.42 Å². The number of hydrogen-bond donors (Lipinski definition) is 0. The molecule has 3 aromatic rings. The third kappa shape index (κ3) is 4.14. The molecule has 0 N–H and O–H groups in total. The fraction of sp³-hybridized carbons (Fsp3) is 0.200. The van der Waals surface area contributed by atoms with Crippen LogP contribution in [0.2, 0.25) is 0 Å². The first kappa shape index (κ1) is 15.6. The van der Waals surface area contributed by atoms with E-state index in [9.17, 15) is 0 Å². The summed E-state index contributed by atoms with van der Waals surface area (Å²) >= 11 is 1.74. The van der Waals surface area contributed by atoms with E-state index in [-0.39, 0.29) is 0 Å². The van der Waals surface area contributed by atoms with Gasteiger partial charge in [0.25, 0.3) is 0 Å². The van der Waals surface area contributed by atoms with Gasteiger partial charge < -0.3 is 0 Å². The summed E-state index contributed by atoms with van der Waals surface area (Å²) in [5.74, 6) is 0. The van der Waals surface area contributed by atoms with Crippen molar-refractivity contribution >= 4 is 17.0 Å². The van der Waals surface area contributed by atoms with Crippen molar-refractivity contribution < 1.29 is 0 Å². The molecule has 3 rings (SSSR count). The maximum Gasteiger partial charge on any atom is 0.0797 e. The Morgan fingerprint density at radius 2 is 1.57 bits per heavy atom. The van der Waals surface area contributed by atoms with Crippen molar-refractivity contribution in [2.75, 3.05) is 6.54 Å². The number of thiazole rings is 1. The number of nitrogens with zero attached hydrogens (tertiary/aromatic N) is 2. The second kappa shape index (κ2) is 7.84. The number of hydrogen-bond acceptors (Lipinski definition) is 3. The first-order chi connectivity index (χ1) is 11.3. The number of aliphatic imine (C=N–C) groups is 1. The van der Waals surface area contributed by atoms with Crippen LogP contribution >= 0.6 is 11.3 Å². The third-order valence-corrected chi connectivity index (χ3v) is 4.77. The molecule has 0 aliphatic heterocycles. The summed E-state index contributed by atoms with van der Waals surface area (Å²) in [6.45, 7) is 2.91. The van der Waals surface area contributed by atoms with Gasteiger partial charge in [-0.2, -0.15) is 0 Å². The van der Waals surface area contributed by atoms with Gasteiger partial charge in [-0.05, 0) is 19.8 Å². The summed E-state index contributed by atoms with van der Waals surface area (Å²) in [4.78, 5) is 10.6. The van der Waals surface area contributed by atoms with Gasteiger partial charge in [-0.15, -0.1) is 11.3 Å². The first-order valence-electron chi connectivity index (χ1n) is 7.89. The Labute approximate surface area is 141 Å². The fourth-order valence-electron chi connectivity index (χ4n) is 2.54. The van der Waals surface area contributed by atoms with Crippen LogP contribution in [0.4, 0.5) is 0 Å². The monoisotopic (exact) mass is 321 g/mol. The predicted molar refractivity (Wildman–Crippen MR) is 98.6 cm³/mol. The average Bonchev–Trinajstić information content (AvgIpc) is 3.01. The highest BCUT2D eigenvalue weighted by Crippen LogP contribution is 2.15. The molecule has 23 heavy (non-hydrogen) atoms. The van der Waals surface area contributed by atoms with Gasteiger partial charge in [-0.25, -0.2) is 4.98 Å². The molecule has 0 saturated heterocycles. The molecule has 2 nitrogen and oxygen atoms in total. The Morgan fingerprint density at radius 3 is 2.09 bits per heavy atom. The van der Waals surface area contributed by atoms with Crippen LogP contribution in [0.25, 0.3) is 0 Å². The van der Waals surface area contributed by atoms with Gasteiger partial charge in [0.1, 0.15) is 0 Å². The van der Waals surface area contributed by atoms with Gasteiger partial charge in [0, 0.05) is 22.5 Å². The average molecular weight is 321 g/mol. The minimum absolute atomic E-state index is 0.830. The maximum atomic E-state index is 4.89. The van der Waals surface area contributed by atoms with Crippen LogP contribution in [0.15, 0.2) is 71.2 Å². The van der Waals surface area contributed by atoms with E-state index in [0.29, 0.717) is 0 Å². The second-order valence-electron chi connectivity index (χ2n) is 5.43. The lowest BCUT2D eigenvalue weighted by Crippen LogP contribution is -2.04. The summed E-state index contributed by atoms with van der Waals surface area (Å²) in [5.41, 5.74) is 6.51. The summed E-state index contributed by atoms with van der Waals surface area (Å²) in [6.07, 6.45) is 2.10. The van der Waals surface area contributed by atoms with Crippen molar-refractivity contribution in [3.05, 3.63) is 87.9 Å². The summed E-state index contributed by atoms with van der Waals surface area (Å²) in [6, 6.07) is 20.8. The standard InChI is InChI=1S/C20H20N2S/c1-16-19(23-15-22-16)13-8-14-21-20(17-9-4-2-5-10-17)18-11-6-3-7-12-18/h2-7,9-12,15H,8,13-14H2,1H3/i21+1. The van der Waals surface area contributed by atoms with E-state index < -0.39 is 0 Å². The molecule has 0 aliphatic carbocycles. The molecule has 0 bridgehead atoms. The number of rotatable bonds is 6. The lowest BCUT2D eigenvalue weighted by molar-refractivity contribution is 0.837. The van der Waals surface area contributed by atoms with Crippen LogP contribution in [-0.4, -0.2) is 17.2 Å². The number of aryl methyl sites for hydroxylation is 2. The molecule has 3 heteroatoms. The van der Waals surface area contributed by atoms with Crippen LogP contribution in [0.1, 0.15) is 28.1 Å². The molecule has 0 unspecified atom stereocenters. The lowest BCUT2D eigenvalue weighted by atomic mass is 10.0. The lowest BCUT2D eigenvalue weighted by Gasteiger charge is -2.07. The van der Waals surface area contributed by atoms with Gasteiger partial charge >= 0.3 is 0 Å². The van der Waals surface area contributed by atoms with Crippen LogP contribution in [0.5, 0.6) is 0 Å². The zero-order valence-corrected chi connectivity index (χ0v) is 14.1. The Balaban J connectivity index is 1.74. The SMILES string of the molecule is Cc1ncsc1CCC[15N]=C(c1ccccc1)c1ccccc1. The van der Waals surface area contributed by atoms with Crippen molar-refractivity contribution in [1.29, 1.82) is 0 Å². The molecule has 1 heterocycles. The van der Waals surface area contributed by atoms with Crippen molar-refractivity contribution in [2.45, 2.75) is 19.8 Å². The Kier molecular flexibility index (Phi) is 5.33. The molecule has 0 radical (unpaired) electrons. The largest absolute Gasteiger partial charge is 0.284 e.